The van der Waals surface area contributed by atoms with Gasteiger partial charge in [0.25, 0.3) is 0 Å². The van der Waals surface area contributed by atoms with Crippen molar-refractivity contribution < 1.29 is 23.5 Å². The second-order valence-electron chi connectivity index (χ2n) is 4.35. The zero-order chi connectivity index (χ0) is 14.4. The van der Waals surface area contributed by atoms with Crippen molar-refractivity contribution in [2.45, 2.75) is 33.8 Å². The Morgan fingerprint density at radius 1 is 1.32 bits per heavy atom. The van der Waals surface area contributed by atoms with Gasteiger partial charge in [-0.3, -0.25) is 9.59 Å². The molecule has 0 saturated carbocycles. The van der Waals surface area contributed by atoms with Gasteiger partial charge in [-0.2, -0.15) is 0 Å². The predicted molar refractivity (Wildman–Crippen MR) is 67.0 cm³/mol. The molecule has 0 bridgehead atoms. The van der Waals surface area contributed by atoms with Crippen LogP contribution in [0.1, 0.15) is 32.8 Å². The van der Waals surface area contributed by atoms with E-state index in [0.29, 0.717) is 5.56 Å². The summed E-state index contributed by atoms with van der Waals surface area (Å²) < 4.78 is 23.4. The third kappa shape index (κ3) is 4.69. The summed E-state index contributed by atoms with van der Waals surface area (Å²) in [6, 6.07) is 4.09. The lowest BCUT2D eigenvalue weighted by Gasteiger charge is -2.09. The molecule has 0 atom stereocenters. The van der Waals surface area contributed by atoms with Crippen LogP contribution < -0.4 is 4.74 Å². The lowest BCUT2D eigenvalue weighted by atomic mass is 10.2. The SMILES string of the molecule is CCC(=O)OCc1ccc(OC(=O)C(C)C)c(F)c1. The quantitative estimate of drug-likeness (QED) is 0.608. The molecule has 104 valence electrons. The fraction of sp³-hybridized carbons (Fsp3) is 0.429. The molecule has 0 amide bonds. The molecule has 0 heterocycles. The van der Waals surface area contributed by atoms with Gasteiger partial charge >= 0.3 is 11.9 Å². The Morgan fingerprint density at radius 3 is 2.53 bits per heavy atom. The second-order valence-corrected chi connectivity index (χ2v) is 4.35. The topological polar surface area (TPSA) is 52.6 Å². The van der Waals surface area contributed by atoms with Crippen molar-refractivity contribution >= 4 is 11.9 Å². The molecule has 0 aliphatic heterocycles. The van der Waals surface area contributed by atoms with Gasteiger partial charge in [0.2, 0.25) is 0 Å². The number of hydrogen-bond acceptors (Lipinski definition) is 4. The van der Waals surface area contributed by atoms with Crippen molar-refractivity contribution in [1.29, 1.82) is 0 Å². The number of rotatable bonds is 5. The van der Waals surface area contributed by atoms with Gasteiger partial charge in [0.05, 0.1) is 5.92 Å². The molecule has 19 heavy (non-hydrogen) atoms. The average Bonchev–Trinajstić information content (AvgIpc) is 2.38. The van der Waals surface area contributed by atoms with Crippen molar-refractivity contribution in [3.8, 4) is 5.75 Å². The molecule has 1 rings (SSSR count). The van der Waals surface area contributed by atoms with Crippen LogP contribution in [0.25, 0.3) is 0 Å². The molecular weight excluding hydrogens is 251 g/mol. The minimum absolute atomic E-state index is 0.00198. The predicted octanol–water partition coefficient (Wildman–Crippen LogP) is 2.84. The van der Waals surface area contributed by atoms with E-state index in [1.807, 2.05) is 0 Å². The number of benzene rings is 1. The first-order valence-electron chi connectivity index (χ1n) is 6.09. The Bertz CT molecular complexity index is 469. The van der Waals surface area contributed by atoms with E-state index < -0.39 is 11.8 Å². The Labute approximate surface area is 111 Å². The highest BCUT2D eigenvalue weighted by Gasteiger charge is 2.13. The van der Waals surface area contributed by atoms with E-state index in [0.717, 1.165) is 0 Å². The lowest BCUT2D eigenvalue weighted by molar-refractivity contribution is -0.144. The first-order valence-corrected chi connectivity index (χ1v) is 6.09. The summed E-state index contributed by atoms with van der Waals surface area (Å²) >= 11 is 0. The molecule has 0 fully saturated rings. The van der Waals surface area contributed by atoms with E-state index in [1.54, 1.807) is 26.8 Å². The number of halogens is 1. The summed E-state index contributed by atoms with van der Waals surface area (Å²) in [5.41, 5.74) is 0.503. The number of carbonyl (C=O) groups is 2. The van der Waals surface area contributed by atoms with E-state index in [1.165, 1.54) is 12.1 Å². The average molecular weight is 268 g/mol. The highest BCUT2D eigenvalue weighted by molar-refractivity contribution is 5.74. The first kappa shape index (κ1) is 15.1. The van der Waals surface area contributed by atoms with E-state index in [9.17, 15) is 14.0 Å². The largest absolute Gasteiger partial charge is 0.461 e. The molecule has 1 aromatic carbocycles. The molecule has 0 saturated heterocycles. The Hall–Kier alpha value is -1.91. The number of ether oxygens (including phenoxy) is 2. The van der Waals surface area contributed by atoms with Crippen LogP contribution in [0.5, 0.6) is 5.75 Å². The van der Waals surface area contributed by atoms with Crippen LogP contribution in [-0.4, -0.2) is 11.9 Å². The zero-order valence-corrected chi connectivity index (χ0v) is 11.2. The summed E-state index contributed by atoms with van der Waals surface area (Å²) in [5.74, 6) is -1.95. The smallest absolute Gasteiger partial charge is 0.313 e. The summed E-state index contributed by atoms with van der Waals surface area (Å²) in [6.45, 7) is 5.01. The van der Waals surface area contributed by atoms with Gasteiger partial charge in [0, 0.05) is 6.42 Å². The fourth-order valence-electron chi connectivity index (χ4n) is 1.21. The molecule has 0 radical (unpaired) electrons. The van der Waals surface area contributed by atoms with Gasteiger partial charge in [-0.05, 0) is 17.7 Å². The van der Waals surface area contributed by atoms with Crippen molar-refractivity contribution in [2.24, 2.45) is 5.92 Å². The van der Waals surface area contributed by atoms with Crippen LogP contribution in [0.15, 0.2) is 18.2 Å². The molecule has 0 N–H and O–H groups in total. The third-order valence-electron chi connectivity index (χ3n) is 2.37. The van der Waals surface area contributed by atoms with Gasteiger partial charge in [0.1, 0.15) is 6.61 Å². The molecule has 0 aromatic heterocycles. The maximum Gasteiger partial charge on any atom is 0.313 e. The molecule has 0 aliphatic rings. The number of carbonyl (C=O) groups excluding carboxylic acids is 2. The van der Waals surface area contributed by atoms with Crippen molar-refractivity contribution in [2.75, 3.05) is 0 Å². The molecular formula is C14H17FO4. The van der Waals surface area contributed by atoms with Gasteiger partial charge in [-0.25, -0.2) is 4.39 Å². The summed E-state index contributed by atoms with van der Waals surface area (Å²) in [7, 11) is 0. The highest BCUT2D eigenvalue weighted by Crippen LogP contribution is 2.20. The van der Waals surface area contributed by atoms with E-state index in [-0.39, 0.29) is 30.7 Å². The first-order chi connectivity index (χ1) is 8.93. The van der Waals surface area contributed by atoms with Crippen LogP contribution in [0.3, 0.4) is 0 Å². The molecule has 0 spiro atoms. The van der Waals surface area contributed by atoms with Crippen LogP contribution in [0.2, 0.25) is 0 Å². The van der Waals surface area contributed by atoms with Crippen molar-refractivity contribution in [3.63, 3.8) is 0 Å². The highest BCUT2D eigenvalue weighted by atomic mass is 19.1. The van der Waals surface area contributed by atoms with Crippen molar-refractivity contribution in [1.82, 2.24) is 0 Å². The number of esters is 2. The van der Waals surface area contributed by atoms with Gasteiger partial charge in [-0.1, -0.05) is 26.8 Å². The minimum atomic E-state index is -0.654. The Morgan fingerprint density at radius 2 is 2.00 bits per heavy atom. The maximum absolute atomic E-state index is 13.7. The fourth-order valence-corrected chi connectivity index (χ4v) is 1.21. The standard InChI is InChI=1S/C14H17FO4/c1-4-13(16)18-8-10-5-6-12(11(15)7-10)19-14(17)9(2)3/h5-7,9H,4,8H2,1-3H3. The van der Waals surface area contributed by atoms with E-state index >= 15 is 0 Å². The van der Waals surface area contributed by atoms with Gasteiger partial charge in [-0.15, -0.1) is 0 Å². The molecule has 5 heteroatoms. The number of hydrogen-bond donors (Lipinski definition) is 0. The lowest BCUT2D eigenvalue weighted by Crippen LogP contribution is -2.15. The Balaban J connectivity index is 2.69. The normalized spacial score (nSPS) is 10.4. The van der Waals surface area contributed by atoms with Crippen LogP contribution in [0.4, 0.5) is 4.39 Å². The molecule has 0 aliphatic carbocycles. The van der Waals surface area contributed by atoms with Crippen LogP contribution in [0, 0.1) is 11.7 Å². The second kappa shape index (κ2) is 6.87. The Kier molecular flexibility index (Phi) is 5.48. The summed E-state index contributed by atoms with van der Waals surface area (Å²) in [6.07, 6.45) is 0.270. The zero-order valence-electron chi connectivity index (χ0n) is 11.2. The minimum Gasteiger partial charge on any atom is -0.461 e. The third-order valence-corrected chi connectivity index (χ3v) is 2.37. The van der Waals surface area contributed by atoms with Crippen molar-refractivity contribution in [3.05, 3.63) is 29.6 Å². The molecule has 1 aromatic rings. The van der Waals surface area contributed by atoms with Gasteiger partial charge in [0.15, 0.2) is 11.6 Å². The molecule has 0 unspecified atom stereocenters. The van der Waals surface area contributed by atoms with E-state index in [4.69, 9.17) is 9.47 Å². The molecule has 4 nitrogen and oxygen atoms in total. The van der Waals surface area contributed by atoms with E-state index in [2.05, 4.69) is 0 Å². The summed E-state index contributed by atoms with van der Waals surface area (Å²) in [4.78, 5) is 22.3. The van der Waals surface area contributed by atoms with Crippen LogP contribution >= 0.6 is 0 Å². The van der Waals surface area contributed by atoms with Crippen LogP contribution in [-0.2, 0) is 20.9 Å². The summed E-state index contributed by atoms with van der Waals surface area (Å²) in [5, 5.41) is 0. The monoisotopic (exact) mass is 268 g/mol. The van der Waals surface area contributed by atoms with Gasteiger partial charge < -0.3 is 9.47 Å². The maximum atomic E-state index is 13.7.